The third-order valence-corrected chi connectivity index (χ3v) is 9.27. The molecule has 2 aromatic heterocycles. The second-order valence-corrected chi connectivity index (χ2v) is 12.4. The quantitative estimate of drug-likeness (QED) is 0.154. The summed E-state index contributed by atoms with van der Waals surface area (Å²) in [6.45, 7) is 4.53. The average molecular weight is 582 g/mol. The zero-order chi connectivity index (χ0) is 28.3. The number of amides is 1. The van der Waals surface area contributed by atoms with Crippen molar-refractivity contribution in [3.63, 3.8) is 0 Å². The molecule has 1 aliphatic rings. The first-order valence-corrected chi connectivity index (χ1v) is 15.6. The van der Waals surface area contributed by atoms with E-state index in [1.807, 2.05) is 80.6 Å². The van der Waals surface area contributed by atoms with E-state index in [0.717, 1.165) is 69.6 Å². The molecule has 208 valence electrons. The fourth-order valence-corrected chi connectivity index (χ4v) is 7.41. The number of thioether (sulfide) groups is 1. The van der Waals surface area contributed by atoms with Crippen molar-refractivity contribution in [2.24, 2.45) is 0 Å². The average Bonchev–Trinajstić information content (AvgIpc) is 3.34. The lowest BCUT2D eigenvalue weighted by Crippen LogP contribution is -2.23. The van der Waals surface area contributed by atoms with Crippen LogP contribution in [0.2, 0.25) is 0 Å². The predicted molar refractivity (Wildman–Crippen MR) is 168 cm³/mol. The SMILES string of the molecule is Cc1cc(C)cc(-n2c(SCC(=O)Nc3ccc(OCc4ccccc4)cc3)nc3sc4c(c3c2=O)CCCC4)c1. The fourth-order valence-electron chi connectivity index (χ4n) is 5.29. The number of aryl methyl sites for hydroxylation is 4. The molecule has 0 aliphatic heterocycles. The summed E-state index contributed by atoms with van der Waals surface area (Å²) in [5.41, 5.74) is 5.82. The summed E-state index contributed by atoms with van der Waals surface area (Å²) in [6.07, 6.45) is 4.16. The van der Waals surface area contributed by atoms with Gasteiger partial charge in [-0.15, -0.1) is 11.3 Å². The highest BCUT2D eigenvalue weighted by atomic mass is 32.2. The Hall–Kier alpha value is -3.88. The number of rotatable bonds is 8. The second kappa shape index (κ2) is 11.9. The van der Waals surface area contributed by atoms with E-state index in [0.29, 0.717) is 17.5 Å². The van der Waals surface area contributed by atoms with Gasteiger partial charge >= 0.3 is 0 Å². The molecule has 0 saturated carbocycles. The second-order valence-electron chi connectivity index (χ2n) is 10.4. The first-order valence-electron chi connectivity index (χ1n) is 13.8. The van der Waals surface area contributed by atoms with Gasteiger partial charge in [0.1, 0.15) is 17.2 Å². The van der Waals surface area contributed by atoms with E-state index in [-0.39, 0.29) is 17.2 Å². The van der Waals surface area contributed by atoms with Gasteiger partial charge in [0.05, 0.1) is 16.8 Å². The molecule has 0 unspecified atom stereocenters. The number of hydrogen-bond donors (Lipinski definition) is 1. The maximum Gasteiger partial charge on any atom is 0.267 e. The molecule has 2 heterocycles. The Labute approximate surface area is 247 Å². The fraction of sp³-hybridized carbons (Fsp3) is 0.242. The highest BCUT2D eigenvalue weighted by molar-refractivity contribution is 7.99. The van der Waals surface area contributed by atoms with E-state index < -0.39 is 0 Å². The van der Waals surface area contributed by atoms with Crippen molar-refractivity contribution in [2.45, 2.75) is 51.3 Å². The lowest BCUT2D eigenvalue weighted by atomic mass is 9.97. The first-order chi connectivity index (χ1) is 19.9. The molecule has 0 saturated heterocycles. The minimum absolute atomic E-state index is 0.0478. The van der Waals surface area contributed by atoms with Gasteiger partial charge in [-0.2, -0.15) is 0 Å². The highest BCUT2D eigenvalue weighted by Crippen LogP contribution is 2.35. The molecule has 1 aliphatic carbocycles. The molecule has 8 heteroatoms. The summed E-state index contributed by atoms with van der Waals surface area (Å²) < 4.78 is 7.54. The third kappa shape index (κ3) is 6.09. The molecule has 6 rings (SSSR count). The zero-order valence-electron chi connectivity index (χ0n) is 23.1. The number of fused-ring (bicyclic) bond motifs is 3. The van der Waals surface area contributed by atoms with Gasteiger partial charge < -0.3 is 10.1 Å². The highest BCUT2D eigenvalue weighted by Gasteiger charge is 2.23. The predicted octanol–water partition coefficient (Wildman–Crippen LogP) is 7.25. The Balaban J connectivity index is 1.21. The van der Waals surface area contributed by atoms with E-state index in [1.54, 1.807) is 15.9 Å². The number of thiophene rings is 1. The van der Waals surface area contributed by atoms with E-state index in [4.69, 9.17) is 9.72 Å². The molecule has 0 radical (unpaired) electrons. The molecule has 3 aromatic carbocycles. The third-order valence-electron chi connectivity index (χ3n) is 7.14. The van der Waals surface area contributed by atoms with Gasteiger partial charge in [0.15, 0.2) is 5.16 Å². The number of aromatic nitrogens is 2. The largest absolute Gasteiger partial charge is 0.489 e. The number of carbonyl (C=O) groups excluding carboxylic acids is 1. The van der Waals surface area contributed by atoms with Crippen molar-refractivity contribution < 1.29 is 9.53 Å². The van der Waals surface area contributed by atoms with Crippen molar-refractivity contribution in [2.75, 3.05) is 11.1 Å². The van der Waals surface area contributed by atoms with Gasteiger partial charge in [0, 0.05) is 10.6 Å². The van der Waals surface area contributed by atoms with Crippen molar-refractivity contribution in [3.05, 3.63) is 110 Å². The van der Waals surface area contributed by atoms with Gasteiger partial charge in [-0.25, -0.2) is 4.98 Å². The van der Waals surface area contributed by atoms with Gasteiger partial charge in [0.2, 0.25) is 5.91 Å². The van der Waals surface area contributed by atoms with Gasteiger partial charge in [-0.3, -0.25) is 14.2 Å². The van der Waals surface area contributed by atoms with Crippen LogP contribution >= 0.6 is 23.1 Å². The lowest BCUT2D eigenvalue weighted by Gasteiger charge is -2.15. The molecule has 1 amide bonds. The Kier molecular flexibility index (Phi) is 7.94. The summed E-state index contributed by atoms with van der Waals surface area (Å²) in [5.74, 6) is 0.690. The van der Waals surface area contributed by atoms with Crippen molar-refractivity contribution >= 4 is 44.9 Å². The molecule has 0 spiro atoms. The standard InChI is InChI=1S/C33H31N3O3S2/c1-21-16-22(2)18-25(17-21)36-32(38)30-27-10-6-7-11-28(27)41-31(30)35-33(36)40-20-29(37)34-24-12-14-26(15-13-24)39-19-23-8-4-3-5-9-23/h3-5,8-9,12-18H,6-7,10-11,19-20H2,1-2H3,(H,34,37). The number of anilines is 1. The Bertz CT molecular complexity index is 1760. The summed E-state index contributed by atoms with van der Waals surface area (Å²) >= 11 is 2.92. The van der Waals surface area contributed by atoms with E-state index in [2.05, 4.69) is 11.4 Å². The van der Waals surface area contributed by atoms with Gasteiger partial charge in [0.25, 0.3) is 5.56 Å². The van der Waals surface area contributed by atoms with Crippen LogP contribution in [-0.2, 0) is 24.2 Å². The number of nitrogens with one attached hydrogen (secondary N) is 1. The minimum Gasteiger partial charge on any atom is -0.489 e. The maximum atomic E-state index is 14.0. The zero-order valence-corrected chi connectivity index (χ0v) is 24.7. The van der Waals surface area contributed by atoms with Gasteiger partial charge in [-0.05, 0) is 98.2 Å². The lowest BCUT2D eigenvalue weighted by molar-refractivity contribution is -0.113. The number of hydrogen-bond acceptors (Lipinski definition) is 6. The number of benzene rings is 3. The number of ether oxygens (including phenoxy) is 1. The summed E-state index contributed by atoms with van der Waals surface area (Å²) in [7, 11) is 0. The van der Waals surface area contributed by atoms with Gasteiger partial charge in [-0.1, -0.05) is 48.2 Å². The normalized spacial score (nSPS) is 12.7. The van der Waals surface area contributed by atoms with Crippen LogP contribution in [-0.4, -0.2) is 21.2 Å². The molecule has 6 nitrogen and oxygen atoms in total. The maximum absolute atomic E-state index is 14.0. The number of carbonyl (C=O) groups is 1. The monoisotopic (exact) mass is 581 g/mol. The van der Waals surface area contributed by atoms with Crippen LogP contribution in [0.3, 0.4) is 0 Å². The van der Waals surface area contributed by atoms with Crippen molar-refractivity contribution in [1.29, 1.82) is 0 Å². The molecule has 41 heavy (non-hydrogen) atoms. The van der Waals surface area contributed by atoms with Crippen LogP contribution in [0.1, 0.15) is 40.0 Å². The summed E-state index contributed by atoms with van der Waals surface area (Å²) in [6, 6.07) is 23.4. The summed E-state index contributed by atoms with van der Waals surface area (Å²) in [4.78, 5) is 34.0. The molecule has 0 bridgehead atoms. The Morgan fingerprint density at radius 1 is 1.00 bits per heavy atom. The molecule has 5 aromatic rings. The molecule has 0 fully saturated rings. The van der Waals surface area contributed by atoms with E-state index >= 15 is 0 Å². The molecular formula is C33H31N3O3S2. The van der Waals surface area contributed by atoms with Crippen LogP contribution in [0.15, 0.2) is 82.7 Å². The summed E-state index contributed by atoms with van der Waals surface area (Å²) in [5, 5.41) is 4.23. The van der Waals surface area contributed by atoms with E-state index in [9.17, 15) is 9.59 Å². The Morgan fingerprint density at radius 3 is 2.49 bits per heavy atom. The van der Waals surface area contributed by atoms with Crippen LogP contribution in [0.4, 0.5) is 5.69 Å². The van der Waals surface area contributed by atoms with Crippen molar-refractivity contribution in [1.82, 2.24) is 9.55 Å². The van der Waals surface area contributed by atoms with Crippen LogP contribution < -0.4 is 15.6 Å². The minimum atomic E-state index is -0.167. The topological polar surface area (TPSA) is 73.2 Å². The molecular weight excluding hydrogens is 551 g/mol. The van der Waals surface area contributed by atoms with Crippen molar-refractivity contribution in [3.8, 4) is 11.4 Å². The molecule has 0 atom stereocenters. The smallest absolute Gasteiger partial charge is 0.267 e. The number of nitrogens with zero attached hydrogens (tertiary/aromatic N) is 2. The van der Waals surface area contributed by atoms with Crippen LogP contribution in [0.5, 0.6) is 5.75 Å². The van der Waals surface area contributed by atoms with Crippen LogP contribution in [0.25, 0.3) is 15.9 Å². The van der Waals surface area contributed by atoms with Crippen LogP contribution in [0, 0.1) is 13.8 Å². The molecule has 1 N–H and O–H groups in total. The Morgan fingerprint density at radius 2 is 1.73 bits per heavy atom. The van der Waals surface area contributed by atoms with E-state index in [1.165, 1.54) is 16.6 Å². The first kappa shape index (κ1) is 27.3.